The zero-order chi connectivity index (χ0) is 15.2. The van der Waals surface area contributed by atoms with Gasteiger partial charge < -0.3 is 5.32 Å². The molecule has 0 saturated heterocycles. The van der Waals surface area contributed by atoms with Gasteiger partial charge in [-0.1, -0.05) is 26.0 Å². The number of benzene rings is 1. The maximum absolute atomic E-state index is 12.1. The Bertz CT molecular complexity index is 553. The summed E-state index contributed by atoms with van der Waals surface area (Å²) in [4.78, 5) is 11.4. The molecule has 1 aromatic rings. The van der Waals surface area contributed by atoms with Gasteiger partial charge in [-0.2, -0.15) is 0 Å². The Morgan fingerprint density at radius 3 is 2.55 bits per heavy atom. The number of carbonyl (C=O) groups is 1. The number of rotatable bonds is 8. The molecule has 20 heavy (non-hydrogen) atoms. The van der Waals surface area contributed by atoms with Gasteiger partial charge in [0.05, 0.1) is 4.90 Å². The van der Waals surface area contributed by atoms with Crippen molar-refractivity contribution in [3.05, 3.63) is 29.8 Å². The fraction of sp³-hybridized carbons (Fsp3) is 0.500. The lowest BCUT2D eigenvalue weighted by atomic mass is 10.2. The van der Waals surface area contributed by atoms with Gasteiger partial charge in [0.15, 0.2) is 5.78 Å². The molecule has 5 nitrogen and oxygen atoms in total. The molecule has 0 bridgehead atoms. The minimum atomic E-state index is -3.55. The number of hydrogen-bond donors (Lipinski definition) is 2. The van der Waals surface area contributed by atoms with Crippen molar-refractivity contribution in [3.63, 3.8) is 0 Å². The number of nitrogens with one attached hydrogen (secondary N) is 2. The molecular formula is C14H22N2O3S. The summed E-state index contributed by atoms with van der Waals surface area (Å²) in [5.74, 6) is -0.150. The lowest BCUT2D eigenvalue weighted by molar-refractivity contribution is 0.101. The van der Waals surface area contributed by atoms with E-state index in [9.17, 15) is 13.2 Å². The second kappa shape index (κ2) is 7.52. The first-order valence-corrected chi connectivity index (χ1v) is 8.15. The Labute approximate surface area is 120 Å². The van der Waals surface area contributed by atoms with Crippen LogP contribution in [-0.4, -0.2) is 33.3 Å². The molecule has 0 amide bonds. The van der Waals surface area contributed by atoms with Gasteiger partial charge in [-0.3, -0.25) is 4.79 Å². The summed E-state index contributed by atoms with van der Waals surface area (Å²) in [5.41, 5.74) is 0.398. The predicted molar refractivity (Wildman–Crippen MR) is 79.4 cm³/mol. The van der Waals surface area contributed by atoms with Crippen molar-refractivity contribution < 1.29 is 13.2 Å². The van der Waals surface area contributed by atoms with E-state index in [0.29, 0.717) is 24.6 Å². The molecule has 0 aliphatic rings. The fourth-order valence-corrected chi connectivity index (χ4v) is 2.77. The van der Waals surface area contributed by atoms with E-state index in [4.69, 9.17) is 0 Å². The highest BCUT2D eigenvalue weighted by Gasteiger charge is 2.14. The van der Waals surface area contributed by atoms with Crippen LogP contribution < -0.4 is 10.0 Å². The van der Waals surface area contributed by atoms with Crippen LogP contribution in [0.3, 0.4) is 0 Å². The zero-order valence-corrected chi connectivity index (χ0v) is 13.0. The molecule has 0 spiro atoms. The lowest BCUT2D eigenvalue weighted by Crippen LogP contribution is -2.29. The van der Waals surface area contributed by atoms with E-state index in [1.807, 2.05) is 13.8 Å². The topological polar surface area (TPSA) is 75.3 Å². The molecule has 1 aromatic carbocycles. The standard InChI is InChI=1S/C14H22N2O3S/c1-11(2)15-8-5-9-16-20(18,19)14-7-4-6-13(10-14)12(3)17/h4,6-7,10-11,15-16H,5,8-9H2,1-3H3. The molecule has 0 unspecified atom stereocenters. The third-order valence-corrected chi connectivity index (χ3v) is 4.21. The lowest BCUT2D eigenvalue weighted by Gasteiger charge is -2.09. The van der Waals surface area contributed by atoms with E-state index in [1.165, 1.54) is 19.1 Å². The normalized spacial score (nSPS) is 11.8. The second-order valence-corrected chi connectivity index (χ2v) is 6.71. The average Bonchev–Trinajstić information content (AvgIpc) is 2.38. The molecule has 1 rings (SSSR count). The maximum Gasteiger partial charge on any atom is 0.240 e. The molecule has 0 aromatic heterocycles. The van der Waals surface area contributed by atoms with Crippen LogP contribution in [0.1, 0.15) is 37.6 Å². The van der Waals surface area contributed by atoms with Crippen LogP contribution in [0.15, 0.2) is 29.2 Å². The molecule has 0 heterocycles. The molecule has 0 atom stereocenters. The summed E-state index contributed by atoms with van der Waals surface area (Å²) in [6, 6.07) is 6.45. The van der Waals surface area contributed by atoms with Crippen LogP contribution in [0.25, 0.3) is 0 Å². The first-order chi connectivity index (χ1) is 9.33. The maximum atomic E-state index is 12.1. The summed E-state index contributed by atoms with van der Waals surface area (Å²) < 4.78 is 26.7. The van der Waals surface area contributed by atoms with Crippen LogP contribution in [-0.2, 0) is 10.0 Å². The molecule has 0 fully saturated rings. The monoisotopic (exact) mass is 298 g/mol. The highest BCUT2D eigenvalue weighted by Crippen LogP contribution is 2.11. The number of hydrogen-bond acceptors (Lipinski definition) is 4. The van der Waals surface area contributed by atoms with Crippen molar-refractivity contribution in [2.24, 2.45) is 0 Å². The first kappa shape index (κ1) is 16.8. The van der Waals surface area contributed by atoms with Crippen LogP contribution in [0, 0.1) is 0 Å². The molecule has 6 heteroatoms. The van der Waals surface area contributed by atoms with Crippen molar-refractivity contribution in [2.45, 2.75) is 38.1 Å². The van der Waals surface area contributed by atoms with Gasteiger partial charge in [-0.15, -0.1) is 0 Å². The summed E-state index contributed by atoms with van der Waals surface area (Å²) >= 11 is 0. The quantitative estimate of drug-likeness (QED) is 0.564. The molecule has 112 valence electrons. The zero-order valence-electron chi connectivity index (χ0n) is 12.1. The minimum Gasteiger partial charge on any atom is -0.314 e. The van der Waals surface area contributed by atoms with E-state index in [0.717, 1.165) is 6.54 Å². The Hall–Kier alpha value is -1.24. The Kier molecular flexibility index (Phi) is 6.32. The first-order valence-electron chi connectivity index (χ1n) is 6.67. The highest BCUT2D eigenvalue weighted by molar-refractivity contribution is 7.89. The minimum absolute atomic E-state index is 0.127. The third-order valence-electron chi connectivity index (χ3n) is 2.75. The van der Waals surface area contributed by atoms with Crippen LogP contribution in [0.4, 0.5) is 0 Å². The number of carbonyl (C=O) groups excluding carboxylic acids is 1. The Morgan fingerprint density at radius 2 is 1.95 bits per heavy atom. The van der Waals surface area contributed by atoms with E-state index in [1.54, 1.807) is 12.1 Å². The largest absolute Gasteiger partial charge is 0.314 e. The number of Topliss-reactive ketones (excluding diaryl/α,β-unsaturated/α-hetero) is 1. The third kappa shape index (κ3) is 5.40. The van der Waals surface area contributed by atoms with E-state index in [2.05, 4.69) is 10.0 Å². The number of sulfonamides is 1. The molecule has 0 radical (unpaired) electrons. The van der Waals surface area contributed by atoms with Gasteiger partial charge >= 0.3 is 0 Å². The van der Waals surface area contributed by atoms with Crippen molar-refractivity contribution in [1.29, 1.82) is 0 Å². The number of ketones is 1. The van der Waals surface area contributed by atoms with E-state index < -0.39 is 10.0 Å². The fourth-order valence-electron chi connectivity index (χ4n) is 1.65. The van der Waals surface area contributed by atoms with E-state index >= 15 is 0 Å². The second-order valence-electron chi connectivity index (χ2n) is 4.94. The van der Waals surface area contributed by atoms with Crippen LogP contribution in [0.5, 0.6) is 0 Å². The smallest absolute Gasteiger partial charge is 0.240 e. The Balaban J connectivity index is 2.60. The van der Waals surface area contributed by atoms with Crippen molar-refractivity contribution >= 4 is 15.8 Å². The molecule has 0 aliphatic carbocycles. The average molecular weight is 298 g/mol. The summed E-state index contributed by atoms with van der Waals surface area (Å²) in [5, 5.41) is 3.22. The molecule has 0 saturated carbocycles. The van der Waals surface area contributed by atoms with Gasteiger partial charge in [0, 0.05) is 18.2 Å². The predicted octanol–water partition coefficient (Wildman–Crippen LogP) is 1.56. The summed E-state index contributed by atoms with van der Waals surface area (Å²) in [6.07, 6.45) is 0.712. The highest BCUT2D eigenvalue weighted by atomic mass is 32.2. The van der Waals surface area contributed by atoms with Gasteiger partial charge in [0.25, 0.3) is 0 Å². The summed E-state index contributed by atoms with van der Waals surface area (Å²) in [7, 11) is -3.55. The molecule has 0 aliphatic heterocycles. The van der Waals surface area contributed by atoms with Crippen molar-refractivity contribution in [2.75, 3.05) is 13.1 Å². The van der Waals surface area contributed by atoms with Crippen LogP contribution in [0.2, 0.25) is 0 Å². The van der Waals surface area contributed by atoms with E-state index in [-0.39, 0.29) is 10.7 Å². The molecular weight excluding hydrogens is 276 g/mol. The Morgan fingerprint density at radius 1 is 1.25 bits per heavy atom. The van der Waals surface area contributed by atoms with Crippen molar-refractivity contribution in [3.8, 4) is 0 Å². The molecule has 2 N–H and O–H groups in total. The van der Waals surface area contributed by atoms with Gasteiger partial charge in [0.1, 0.15) is 0 Å². The van der Waals surface area contributed by atoms with Crippen LogP contribution >= 0.6 is 0 Å². The SMILES string of the molecule is CC(=O)c1cccc(S(=O)(=O)NCCCNC(C)C)c1. The van der Waals surface area contributed by atoms with Gasteiger partial charge in [0.2, 0.25) is 10.0 Å². The van der Waals surface area contributed by atoms with Gasteiger partial charge in [-0.05, 0) is 32.0 Å². The van der Waals surface area contributed by atoms with Crippen molar-refractivity contribution in [1.82, 2.24) is 10.0 Å². The van der Waals surface area contributed by atoms with Gasteiger partial charge in [-0.25, -0.2) is 13.1 Å². The summed E-state index contributed by atoms with van der Waals surface area (Å²) in [6.45, 7) is 6.62.